The molecule has 0 aliphatic heterocycles. The molecule has 0 unspecified atom stereocenters. The van der Waals surface area contributed by atoms with Crippen LogP contribution in [0.2, 0.25) is 0 Å². The Morgan fingerprint density at radius 3 is 2.50 bits per heavy atom. The molecule has 96 valence electrons. The van der Waals surface area contributed by atoms with Gasteiger partial charge in [0.15, 0.2) is 0 Å². The van der Waals surface area contributed by atoms with Gasteiger partial charge in [0.1, 0.15) is 5.78 Å². The van der Waals surface area contributed by atoms with Gasteiger partial charge in [0, 0.05) is 11.3 Å². The van der Waals surface area contributed by atoms with E-state index in [1.807, 2.05) is 6.07 Å². The molecule has 0 aromatic heterocycles. The first-order chi connectivity index (χ1) is 8.79. The van der Waals surface area contributed by atoms with Crippen LogP contribution in [0.4, 0.5) is 0 Å². The van der Waals surface area contributed by atoms with E-state index in [0.29, 0.717) is 11.7 Å². The van der Waals surface area contributed by atoms with E-state index in [2.05, 4.69) is 31.2 Å². The van der Waals surface area contributed by atoms with Crippen LogP contribution in [0.15, 0.2) is 30.3 Å². The van der Waals surface area contributed by atoms with E-state index in [1.54, 1.807) is 0 Å². The lowest BCUT2D eigenvalue weighted by molar-refractivity contribution is -0.161. The Bertz CT molecular complexity index is 430. The molecular weight excluding hydrogens is 220 g/mol. The highest BCUT2D eigenvalue weighted by molar-refractivity contribution is 5.98. The van der Waals surface area contributed by atoms with Gasteiger partial charge in [-0.05, 0) is 30.7 Å². The Labute approximate surface area is 110 Å². The summed E-state index contributed by atoms with van der Waals surface area (Å²) in [4.78, 5) is 12.5. The van der Waals surface area contributed by atoms with Crippen molar-refractivity contribution in [1.29, 1.82) is 0 Å². The molecule has 1 heteroatoms. The molecule has 0 heterocycles. The summed E-state index contributed by atoms with van der Waals surface area (Å²) in [6.45, 7) is 2.24. The first-order valence-electron chi connectivity index (χ1n) is 7.39. The van der Waals surface area contributed by atoms with Crippen molar-refractivity contribution in [1.82, 2.24) is 0 Å². The second-order valence-corrected chi connectivity index (χ2v) is 6.01. The van der Waals surface area contributed by atoms with Crippen LogP contribution in [0.5, 0.6) is 0 Å². The predicted octanol–water partition coefficient (Wildman–Crippen LogP) is 4.33. The normalized spacial score (nSPS) is 28.8. The number of carbonyl (C=O) groups is 1. The van der Waals surface area contributed by atoms with Crippen LogP contribution in [-0.2, 0) is 4.79 Å². The lowest BCUT2D eigenvalue weighted by Crippen LogP contribution is -2.59. The van der Waals surface area contributed by atoms with Gasteiger partial charge < -0.3 is 0 Å². The van der Waals surface area contributed by atoms with Crippen LogP contribution >= 0.6 is 0 Å². The van der Waals surface area contributed by atoms with Crippen LogP contribution in [0.1, 0.15) is 56.9 Å². The van der Waals surface area contributed by atoms with Crippen LogP contribution in [0.3, 0.4) is 0 Å². The maximum absolute atomic E-state index is 12.5. The molecule has 1 nitrogen and oxygen atoms in total. The molecule has 2 aliphatic rings. The average molecular weight is 242 g/mol. The molecule has 2 fully saturated rings. The molecule has 1 aromatic rings. The van der Waals surface area contributed by atoms with Gasteiger partial charge in [0.25, 0.3) is 0 Å². The number of hydrogen-bond donors (Lipinski definition) is 0. The minimum Gasteiger partial charge on any atom is -0.298 e. The smallest absolute Gasteiger partial charge is 0.147 e. The number of Topliss-reactive ketones (excluding diaryl/α,β-unsaturated/α-hetero) is 1. The summed E-state index contributed by atoms with van der Waals surface area (Å²) in [7, 11) is 0. The molecule has 2 aliphatic carbocycles. The minimum atomic E-state index is 0.107. The Morgan fingerprint density at radius 1 is 1.22 bits per heavy atom. The number of ketones is 1. The van der Waals surface area contributed by atoms with Gasteiger partial charge in [0.2, 0.25) is 0 Å². The Hall–Kier alpha value is -1.11. The summed E-state index contributed by atoms with van der Waals surface area (Å²) in [6, 6.07) is 10.4. The van der Waals surface area contributed by atoms with Crippen molar-refractivity contribution in [2.45, 2.75) is 51.4 Å². The predicted molar refractivity (Wildman–Crippen MR) is 73.5 cm³/mol. The van der Waals surface area contributed by atoms with E-state index in [1.165, 1.54) is 31.2 Å². The van der Waals surface area contributed by atoms with Crippen molar-refractivity contribution < 1.29 is 4.79 Å². The quantitative estimate of drug-likeness (QED) is 0.768. The zero-order valence-corrected chi connectivity index (χ0v) is 11.2. The van der Waals surface area contributed by atoms with E-state index in [9.17, 15) is 4.79 Å². The van der Waals surface area contributed by atoms with Crippen LogP contribution < -0.4 is 0 Å². The van der Waals surface area contributed by atoms with Gasteiger partial charge in [-0.2, -0.15) is 0 Å². The zero-order valence-electron chi connectivity index (χ0n) is 11.2. The lowest BCUT2D eigenvalue weighted by atomic mass is 9.42. The van der Waals surface area contributed by atoms with Crippen LogP contribution in [-0.4, -0.2) is 5.78 Å². The van der Waals surface area contributed by atoms with E-state index in [4.69, 9.17) is 0 Å². The number of hydrogen-bond acceptors (Lipinski definition) is 1. The fourth-order valence-electron chi connectivity index (χ4n) is 3.98. The Kier molecular flexibility index (Phi) is 3.01. The van der Waals surface area contributed by atoms with Gasteiger partial charge >= 0.3 is 0 Å². The highest BCUT2D eigenvalue weighted by atomic mass is 16.1. The maximum Gasteiger partial charge on any atom is 0.147 e. The third kappa shape index (κ3) is 1.56. The molecule has 0 bridgehead atoms. The second-order valence-electron chi connectivity index (χ2n) is 6.01. The van der Waals surface area contributed by atoms with E-state index >= 15 is 0 Å². The monoisotopic (exact) mass is 242 g/mol. The lowest BCUT2D eigenvalue weighted by Gasteiger charge is -2.59. The molecular formula is C17H22O. The fraction of sp³-hybridized carbons (Fsp3) is 0.588. The molecule has 0 N–H and O–H groups in total. The largest absolute Gasteiger partial charge is 0.298 e. The Morgan fingerprint density at radius 2 is 1.94 bits per heavy atom. The molecule has 1 aromatic carbocycles. The first-order valence-corrected chi connectivity index (χ1v) is 7.39. The van der Waals surface area contributed by atoms with Crippen molar-refractivity contribution in [3.63, 3.8) is 0 Å². The molecule has 3 rings (SSSR count). The molecule has 18 heavy (non-hydrogen) atoms. The number of rotatable bonds is 4. The molecule has 1 spiro atoms. The topological polar surface area (TPSA) is 17.1 Å². The minimum absolute atomic E-state index is 0.107. The van der Waals surface area contributed by atoms with E-state index in [-0.39, 0.29) is 11.3 Å². The van der Waals surface area contributed by atoms with E-state index in [0.717, 1.165) is 12.8 Å². The summed E-state index contributed by atoms with van der Waals surface area (Å²) in [5.74, 6) is 1.38. The third-order valence-corrected chi connectivity index (χ3v) is 5.16. The average Bonchev–Trinajstić information content (AvgIpc) is 2.34. The van der Waals surface area contributed by atoms with Crippen molar-refractivity contribution in [3.8, 4) is 0 Å². The fourth-order valence-corrected chi connectivity index (χ4v) is 3.98. The summed E-state index contributed by atoms with van der Waals surface area (Å²) < 4.78 is 0. The number of unbranched alkanes of at least 4 members (excludes halogenated alkanes) is 1. The summed E-state index contributed by atoms with van der Waals surface area (Å²) in [5.41, 5.74) is 1.36. The van der Waals surface area contributed by atoms with Crippen molar-refractivity contribution >= 4 is 5.78 Å². The third-order valence-electron chi connectivity index (χ3n) is 5.16. The van der Waals surface area contributed by atoms with Gasteiger partial charge in [-0.1, -0.05) is 56.5 Å². The van der Waals surface area contributed by atoms with Crippen LogP contribution in [0, 0.1) is 11.3 Å². The standard InChI is InChI=1S/C17H22O/c1-2-3-10-14-15(13-8-5-4-6-9-13)16(18)17(14)11-7-12-17/h4-6,8-9,14-15H,2-3,7,10-12H2,1H3/t14-,15-/m1/s1. The van der Waals surface area contributed by atoms with Gasteiger partial charge in [-0.25, -0.2) is 0 Å². The van der Waals surface area contributed by atoms with E-state index < -0.39 is 0 Å². The molecule has 0 radical (unpaired) electrons. The van der Waals surface area contributed by atoms with Crippen molar-refractivity contribution in [3.05, 3.63) is 35.9 Å². The second kappa shape index (κ2) is 4.53. The Balaban J connectivity index is 1.83. The van der Waals surface area contributed by atoms with Crippen molar-refractivity contribution in [2.75, 3.05) is 0 Å². The van der Waals surface area contributed by atoms with Crippen molar-refractivity contribution in [2.24, 2.45) is 11.3 Å². The van der Waals surface area contributed by atoms with Gasteiger partial charge in [0.05, 0.1) is 0 Å². The molecule has 2 atom stereocenters. The molecule has 0 amide bonds. The SMILES string of the molecule is CCCC[C@@H]1[C@@H](c2ccccc2)C(=O)C12CCC2. The molecule has 0 saturated heterocycles. The highest BCUT2D eigenvalue weighted by Crippen LogP contribution is 2.64. The summed E-state index contributed by atoms with van der Waals surface area (Å²) >= 11 is 0. The van der Waals surface area contributed by atoms with Gasteiger partial charge in [-0.3, -0.25) is 4.79 Å². The highest BCUT2D eigenvalue weighted by Gasteiger charge is 2.63. The number of benzene rings is 1. The first kappa shape index (κ1) is 12.0. The molecule has 2 saturated carbocycles. The van der Waals surface area contributed by atoms with Crippen LogP contribution in [0.25, 0.3) is 0 Å². The number of carbonyl (C=O) groups excluding carboxylic acids is 1. The summed E-state index contributed by atoms with van der Waals surface area (Å²) in [6.07, 6.45) is 7.32. The summed E-state index contributed by atoms with van der Waals surface area (Å²) in [5, 5.41) is 0. The maximum atomic E-state index is 12.5. The van der Waals surface area contributed by atoms with Gasteiger partial charge in [-0.15, -0.1) is 0 Å². The zero-order chi connectivity index (χ0) is 12.6.